The average Bonchev–Trinajstić information content (AvgIpc) is 2.66. The van der Waals surface area contributed by atoms with E-state index in [9.17, 15) is 4.79 Å². The number of halogens is 1. The van der Waals surface area contributed by atoms with Gasteiger partial charge in [0.25, 0.3) is 0 Å². The summed E-state index contributed by atoms with van der Waals surface area (Å²) in [5.74, 6) is 0.444. The molecule has 0 aliphatic carbocycles. The van der Waals surface area contributed by atoms with Crippen LogP contribution in [0.25, 0.3) is 0 Å². The molecule has 1 rings (SSSR count). The van der Waals surface area contributed by atoms with Crippen LogP contribution in [0.5, 0.6) is 0 Å². The summed E-state index contributed by atoms with van der Waals surface area (Å²) < 4.78 is 0. The van der Waals surface area contributed by atoms with E-state index in [0.717, 1.165) is 32.4 Å². The molecule has 1 fully saturated rings. The standard InChI is InChI=1S/C10H20N2O.ClH/c1-3-9(4-2)12-10(13)8-5-6-11-7-8;/h8-9,11H,3-7H2,1-2H3,(H,12,13);1H. The zero-order valence-corrected chi connectivity index (χ0v) is 9.82. The zero-order valence-electron chi connectivity index (χ0n) is 9.01. The molecule has 1 aliphatic rings. The van der Waals surface area contributed by atoms with E-state index in [1.54, 1.807) is 0 Å². The van der Waals surface area contributed by atoms with Gasteiger partial charge in [0.05, 0.1) is 5.92 Å². The second kappa shape index (κ2) is 7.07. The van der Waals surface area contributed by atoms with Crippen molar-refractivity contribution in [3.8, 4) is 0 Å². The number of hydrogen-bond acceptors (Lipinski definition) is 2. The van der Waals surface area contributed by atoms with Gasteiger partial charge in [0.2, 0.25) is 5.91 Å². The van der Waals surface area contributed by atoms with Crippen molar-refractivity contribution >= 4 is 18.3 Å². The normalized spacial score (nSPS) is 20.6. The van der Waals surface area contributed by atoms with Crippen LogP contribution < -0.4 is 10.6 Å². The van der Waals surface area contributed by atoms with Gasteiger partial charge in [0, 0.05) is 12.6 Å². The van der Waals surface area contributed by atoms with Crippen LogP contribution in [0, 0.1) is 5.92 Å². The fourth-order valence-electron chi connectivity index (χ4n) is 1.69. The van der Waals surface area contributed by atoms with Crippen LogP contribution in [-0.4, -0.2) is 25.0 Å². The maximum atomic E-state index is 11.6. The number of carbonyl (C=O) groups is 1. The highest BCUT2D eigenvalue weighted by Gasteiger charge is 2.23. The van der Waals surface area contributed by atoms with E-state index in [1.165, 1.54) is 0 Å². The fourth-order valence-corrected chi connectivity index (χ4v) is 1.69. The van der Waals surface area contributed by atoms with Gasteiger partial charge in [0.1, 0.15) is 0 Å². The Kier molecular flexibility index (Phi) is 6.93. The van der Waals surface area contributed by atoms with E-state index in [-0.39, 0.29) is 24.2 Å². The lowest BCUT2D eigenvalue weighted by Gasteiger charge is -2.17. The highest BCUT2D eigenvalue weighted by molar-refractivity contribution is 5.85. The first kappa shape index (κ1) is 13.7. The highest BCUT2D eigenvalue weighted by atomic mass is 35.5. The number of nitrogens with one attached hydrogen (secondary N) is 2. The molecule has 0 radical (unpaired) electrons. The van der Waals surface area contributed by atoms with Crippen molar-refractivity contribution in [1.29, 1.82) is 0 Å². The zero-order chi connectivity index (χ0) is 9.68. The molecule has 2 N–H and O–H groups in total. The van der Waals surface area contributed by atoms with Gasteiger partial charge in [-0.25, -0.2) is 0 Å². The fraction of sp³-hybridized carbons (Fsp3) is 0.900. The summed E-state index contributed by atoms with van der Waals surface area (Å²) in [6.45, 7) is 6.07. The maximum absolute atomic E-state index is 11.6. The van der Waals surface area contributed by atoms with Crippen LogP contribution in [-0.2, 0) is 4.79 Å². The molecule has 1 amide bonds. The molecule has 3 nitrogen and oxygen atoms in total. The Morgan fingerprint density at radius 1 is 1.50 bits per heavy atom. The Morgan fingerprint density at radius 2 is 2.14 bits per heavy atom. The first-order valence-corrected chi connectivity index (χ1v) is 5.29. The molecule has 84 valence electrons. The van der Waals surface area contributed by atoms with Gasteiger partial charge in [-0.3, -0.25) is 4.79 Å². The molecule has 4 heteroatoms. The van der Waals surface area contributed by atoms with Crippen LogP contribution in [0.1, 0.15) is 33.1 Å². The van der Waals surface area contributed by atoms with Gasteiger partial charge in [-0.05, 0) is 25.8 Å². The predicted molar refractivity (Wildman–Crippen MR) is 60.7 cm³/mol. The topological polar surface area (TPSA) is 41.1 Å². The van der Waals surface area contributed by atoms with E-state index in [1.807, 2.05) is 0 Å². The first-order chi connectivity index (χ1) is 6.27. The van der Waals surface area contributed by atoms with Crippen molar-refractivity contribution in [3.63, 3.8) is 0 Å². The third kappa shape index (κ3) is 3.84. The second-order valence-corrected chi connectivity index (χ2v) is 3.71. The molecule has 1 aliphatic heterocycles. The van der Waals surface area contributed by atoms with Crippen LogP contribution in [0.15, 0.2) is 0 Å². The molecular formula is C10H21ClN2O. The second-order valence-electron chi connectivity index (χ2n) is 3.71. The lowest BCUT2D eigenvalue weighted by Crippen LogP contribution is -2.38. The smallest absolute Gasteiger partial charge is 0.224 e. The minimum absolute atomic E-state index is 0. The monoisotopic (exact) mass is 220 g/mol. The number of carbonyl (C=O) groups excluding carboxylic acids is 1. The van der Waals surface area contributed by atoms with Crippen molar-refractivity contribution in [2.75, 3.05) is 13.1 Å². The van der Waals surface area contributed by atoms with Crippen molar-refractivity contribution in [2.24, 2.45) is 5.92 Å². The van der Waals surface area contributed by atoms with Crippen molar-refractivity contribution < 1.29 is 4.79 Å². The van der Waals surface area contributed by atoms with Crippen molar-refractivity contribution in [2.45, 2.75) is 39.2 Å². The van der Waals surface area contributed by atoms with Crippen molar-refractivity contribution in [1.82, 2.24) is 10.6 Å². The van der Waals surface area contributed by atoms with E-state index >= 15 is 0 Å². The Balaban J connectivity index is 0.00000169. The summed E-state index contributed by atoms with van der Waals surface area (Å²) in [7, 11) is 0. The molecule has 1 saturated heterocycles. The van der Waals surface area contributed by atoms with Gasteiger partial charge in [-0.2, -0.15) is 0 Å². The Morgan fingerprint density at radius 3 is 2.57 bits per heavy atom. The summed E-state index contributed by atoms with van der Waals surface area (Å²) in [4.78, 5) is 11.6. The highest BCUT2D eigenvalue weighted by Crippen LogP contribution is 2.08. The SMILES string of the molecule is CCC(CC)NC(=O)C1CCNC1.Cl. The van der Waals surface area contributed by atoms with Crippen LogP contribution >= 0.6 is 12.4 Å². The Labute approximate surface area is 92.4 Å². The maximum Gasteiger partial charge on any atom is 0.224 e. The summed E-state index contributed by atoms with van der Waals surface area (Å²) in [5.41, 5.74) is 0. The Bertz CT molecular complexity index is 166. The molecule has 0 spiro atoms. The molecule has 0 saturated carbocycles. The lowest BCUT2D eigenvalue weighted by molar-refractivity contribution is -0.125. The molecule has 0 bridgehead atoms. The molecule has 0 aromatic carbocycles. The average molecular weight is 221 g/mol. The Hall–Kier alpha value is -0.280. The van der Waals surface area contributed by atoms with E-state index < -0.39 is 0 Å². The van der Waals surface area contributed by atoms with Crippen LogP contribution in [0.2, 0.25) is 0 Å². The first-order valence-electron chi connectivity index (χ1n) is 5.29. The summed E-state index contributed by atoms with van der Waals surface area (Å²) in [6.07, 6.45) is 3.05. The quantitative estimate of drug-likeness (QED) is 0.751. The lowest BCUT2D eigenvalue weighted by atomic mass is 10.1. The molecule has 1 unspecified atom stereocenters. The minimum Gasteiger partial charge on any atom is -0.353 e. The molecular weight excluding hydrogens is 200 g/mol. The third-order valence-electron chi connectivity index (χ3n) is 2.76. The largest absolute Gasteiger partial charge is 0.353 e. The van der Waals surface area contributed by atoms with Crippen LogP contribution in [0.3, 0.4) is 0 Å². The van der Waals surface area contributed by atoms with Gasteiger partial charge in [-0.1, -0.05) is 13.8 Å². The van der Waals surface area contributed by atoms with E-state index in [2.05, 4.69) is 24.5 Å². The minimum atomic E-state index is 0. The van der Waals surface area contributed by atoms with Gasteiger partial charge >= 0.3 is 0 Å². The summed E-state index contributed by atoms with van der Waals surface area (Å²) in [6, 6.07) is 0.369. The van der Waals surface area contributed by atoms with Gasteiger partial charge in [0.15, 0.2) is 0 Å². The molecule has 0 aromatic rings. The van der Waals surface area contributed by atoms with E-state index in [0.29, 0.717) is 6.04 Å². The van der Waals surface area contributed by atoms with Gasteiger partial charge in [-0.15, -0.1) is 12.4 Å². The van der Waals surface area contributed by atoms with Crippen LogP contribution in [0.4, 0.5) is 0 Å². The van der Waals surface area contributed by atoms with Crippen molar-refractivity contribution in [3.05, 3.63) is 0 Å². The summed E-state index contributed by atoms with van der Waals surface area (Å²) in [5, 5.41) is 6.28. The van der Waals surface area contributed by atoms with Gasteiger partial charge < -0.3 is 10.6 Å². The number of amides is 1. The molecule has 1 atom stereocenters. The third-order valence-corrected chi connectivity index (χ3v) is 2.76. The molecule has 1 heterocycles. The number of rotatable bonds is 4. The predicted octanol–water partition coefficient (Wildman–Crippen LogP) is 1.32. The number of hydrogen-bond donors (Lipinski definition) is 2. The summed E-state index contributed by atoms with van der Waals surface area (Å²) >= 11 is 0. The molecule has 14 heavy (non-hydrogen) atoms. The molecule has 0 aromatic heterocycles. The van der Waals surface area contributed by atoms with E-state index in [4.69, 9.17) is 0 Å².